The van der Waals surface area contributed by atoms with Crippen molar-refractivity contribution in [2.45, 2.75) is 25.9 Å². The van der Waals surface area contributed by atoms with Crippen LogP contribution in [0, 0.1) is 6.92 Å². The van der Waals surface area contributed by atoms with E-state index in [1.54, 1.807) is 12.1 Å². The zero-order valence-corrected chi connectivity index (χ0v) is 14.6. The van der Waals surface area contributed by atoms with Crippen LogP contribution in [-0.2, 0) is 4.74 Å². The molecule has 0 saturated carbocycles. The number of amides is 1. The number of carbonyl (C=O) groups is 1. The number of aromatic nitrogens is 2. The number of carbonyl (C=O) groups excluding carboxylic acids is 1. The highest BCUT2D eigenvalue weighted by Crippen LogP contribution is 2.35. The molecule has 3 aromatic rings. The zero-order chi connectivity index (χ0) is 18.1. The fourth-order valence-electron chi connectivity index (χ4n) is 3.34. The molecular weight excluding hydrogens is 330 g/mol. The molecule has 1 aliphatic heterocycles. The summed E-state index contributed by atoms with van der Waals surface area (Å²) in [5.41, 5.74) is 9.65. The van der Waals surface area contributed by atoms with Gasteiger partial charge in [0.2, 0.25) is 5.91 Å². The number of H-pyrrole nitrogens is 1. The lowest BCUT2D eigenvalue weighted by Gasteiger charge is -2.24. The largest absolute Gasteiger partial charge is 0.489 e. The van der Waals surface area contributed by atoms with Crippen LogP contribution in [0.15, 0.2) is 36.4 Å². The number of nitrogens with one attached hydrogen (secondary N) is 1. The number of hydrogen-bond donors (Lipinski definition) is 2. The third kappa shape index (κ3) is 3.15. The summed E-state index contributed by atoms with van der Waals surface area (Å²) >= 11 is 0. The van der Waals surface area contributed by atoms with Gasteiger partial charge in [-0.2, -0.15) is 5.10 Å². The molecule has 0 bridgehead atoms. The Balaban J connectivity index is 1.74. The number of nitrogens with zero attached hydrogens (tertiary/aromatic N) is 1. The summed E-state index contributed by atoms with van der Waals surface area (Å²) in [4.78, 5) is 11.3. The highest BCUT2D eigenvalue weighted by molar-refractivity contribution is 5.94. The minimum atomic E-state index is -0.431. The molecule has 0 aliphatic carbocycles. The number of hydrogen-bond acceptors (Lipinski definition) is 4. The minimum absolute atomic E-state index is 0.147. The van der Waals surface area contributed by atoms with Crippen molar-refractivity contribution in [2.24, 2.45) is 5.73 Å². The molecule has 0 radical (unpaired) electrons. The van der Waals surface area contributed by atoms with Crippen molar-refractivity contribution in [3.05, 3.63) is 47.7 Å². The topological polar surface area (TPSA) is 90.2 Å². The van der Waals surface area contributed by atoms with Crippen molar-refractivity contribution >= 4 is 16.8 Å². The summed E-state index contributed by atoms with van der Waals surface area (Å²) in [5, 5.41) is 8.42. The molecule has 1 aromatic heterocycles. The van der Waals surface area contributed by atoms with Crippen LogP contribution in [0.4, 0.5) is 0 Å². The molecule has 0 atom stereocenters. The SMILES string of the molecule is Cc1n[nH]c2cc(-c3ccc(C(N)=O)cc3)cc(OC3CCOCC3)c12. The lowest BCUT2D eigenvalue weighted by molar-refractivity contribution is 0.0262. The predicted molar refractivity (Wildman–Crippen MR) is 99.3 cm³/mol. The molecule has 2 heterocycles. The Morgan fingerprint density at radius 1 is 1.19 bits per heavy atom. The van der Waals surface area contributed by atoms with Gasteiger partial charge in [-0.3, -0.25) is 9.89 Å². The van der Waals surface area contributed by atoms with Crippen molar-refractivity contribution in [1.82, 2.24) is 10.2 Å². The van der Waals surface area contributed by atoms with Gasteiger partial charge in [-0.25, -0.2) is 0 Å². The number of benzene rings is 2. The van der Waals surface area contributed by atoms with Crippen molar-refractivity contribution < 1.29 is 14.3 Å². The summed E-state index contributed by atoms with van der Waals surface area (Å²) in [6, 6.07) is 11.3. The molecule has 2 aromatic carbocycles. The molecule has 1 aliphatic rings. The summed E-state index contributed by atoms with van der Waals surface area (Å²) in [6.07, 6.45) is 1.92. The van der Waals surface area contributed by atoms with Gasteiger partial charge in [-0.05, 0) is 42.3 Å². The maximum atomic E-state index is 11.3. The lowest BCUT2D eigenvalue weighted by atomic mass is 10.0. The van der Waals surface area contributed by atoms with Crippen LogP contribution in [0.5, 0.6) is 5.75 Å². The number of ether oxygens (including phenoxy) is 2. The highest BCUT2D eigenvalue weighted by Gasteiger charge is 2.19. The van der Waals surface area contributed by atoms with Crippen molar-refractivity contribution in [1.29, 1.82) is 0 Å². The van der Waals surface area contributed by atoms with E-state index in [9.17, 15) is 4.79 Å². The zero-order valence-electron chi connectivity index (χ0n) is 14.6. The second kappa shape index (κ2) is 6.80. The van der Waals surface area contributed by atoms with Crippen LogP contribution >= 0.6 is 0 Å². The Kier molecular flexibility index (Phi) is 4.34. The molecule has 6 nitrogen and oxygen atoms in total. The van der Waals surface area contributed by atoms with Crippen LogP contribution in [0.2, 0.25) is 0 Å². The number of primary amides is 1. The first-order valence-corrected chi connectivity index (χ1v) is 8.75. The van der Waals surface area contributed by atoms with Gasteiger partial charge in [0.25, 0.3) is 0 Å². The number of aryl methyl sites for hydroxylation is 1. The summed E-state index contributed by atoms with van der Waals surface area (Å²) in [6.45, 7) is 3.43. The molecule has 0 unspecified atom stereocenters. The molecule has 1 saturated heterocycles. The first-order valence-electron chi connectivity index (χ1n) is 8.75. The van der Waals surface area contributed by atoms with E-state index in [0.29, 0.717) is 5.56 Å². The van der Waals surface area contributed by atoms with Crippen LogP contribution in [0.3, 0.4) is 0 Å². The Bertz CT molecular complexity index is 941. The normalized spacial score (nSPS) is 15.3. The maximum Gasteiger partial charge on any atom is 0.248 e. The van der Waals surface area contributed by atoms with Crippen molar-refractivity contribution in [3.63, 3.8) is 0 Å². The third-order valence-corrected chi connectivity index (χ3v) is 4.77. The maximum absolute atomic E-state index is 11.3. The van der Waals surface area contributed by atoms with E-state index in [1.165, 1.54) is 0 Å². The van der Waals surface area contributed by atoms with Crippen LogP contribution < -0.4 is 10.5 Å². The predicted octanol–water partition coefficient (Wildman–Crippen LogP) is 3.20. The van der Waals surface area contributed by atoms with Crippen molar-refractivity contribution in [2.75, 3.05) is 13.2 Å². The fraction of sp³-hybridized carbons (Fsp3) is 0.300. The molecule has 1 fully saturated rings. The molecular formula is C20H21N3O3. The smallest absolute Gasteiger partial charge is 0.248 e. The number of rotatable bonds is 4. The fourth-order valence-corrected chi connectivity index (χ4v) is 3.34. The van der Waals surface area contributed by atoms with Gasteiger partial charge >= 0.3 is 0 Å². The molecule has 3 N–H and O–H groups in total. The van der Waals surface area contributed by atoms with Gasteiger partial charge < -0.3 is 15.2 Å². The number of fused-ring (bicyclic) bond motifs is 1. The molecule has 134 valence electrons. The van der Waals surface area contributed by atoms with Gasteiger partial charge in [0.05, 0.1) is 29.8 Å². The average molecular weight is 351 g/mol. The summed E-state index contributed by atoms with van der Waals surface area (Å²) in [5.74, 6) is 0.398. The molecule has 0 spiro atoms. The van der Waals surface area contributed by atoms with E-state index in [4.69, 9.17) is 15.2 Å². The number of nitrogens with two attached hydrogens (primary N) is 1. The Hall–Kier alpha value is -2.86. The van der Waals surface area contributed by atoms with Gasteiger partial charge in [-0.1, -0.05) is 12.1 Å². The van der Waals surface area contributed by atoms with E-state index in [1.807, 2.05) is 31.2 Å². The summed E-state index contributed by atoms with van der Waals surface area (Å²) in [7, 11) is 0. The van der Waals surface area contributed by atoms with E-state index in [2.05, 4.69) is 10.2 Å². The first-order chi connectivity index (χ1) is 12.6. The molecule has 6 heteroatoms. The molecule has 1 amide bonds. The lowest BCUT2D eigenvalue weighted by Crippen LogP contribution is -2.25. The minimum Gasteiger partial charge on any atom is -0.489 e. The van der Waals surface area contributed by atoms with Gasteiger partial charge in [-0.15, -0.1) is 0 Å². The van der Waals surface area contributed by atoms with Gasteiger partial charge in [0.15, 0.2) is 0 Å². The van der Waals surface area contributed by atoms with Gasteiger partial charge in [0, 0.05) is 18.4 Å². The monoisotopic (exact) mass is 351 g/mol. The Morgan fingerprint density at radius 2 is 1.92 bits per heavy atom. The third-order valence-electron chi connectivity index (χ3n) is 4.77. The van der Waals surface area contributed by atoms with E-state index in [-0.39, 0.29) is 6.10 Å². The van der Waals surface area contributed by atoms with E-state index >= 15 is 0 Å². The Morgan fingerprint density at radius 3 is 2.62 bits per heavy atom. The quantitative estimate of drug-likeness (QED) is 0.755. The summed E-state index contributed by atoms with van der Waals surface area (Å²) < 4.78 is 11.7. The standard InChI is InChI=1S/C20H21N3O3/c1-12-19-17(23-22-12)10-15(13-2-4-14(5-3-13)20(21)24)11-18(19)26-16-6-8-25-9-7-16/h2-5,10-11,16H,6-9H2,1H3,(H2,21,24)(H,22,23). The highest BCUT2D eigenvalue weighted by atomic mass is 16.5. The van der Waals surface area contributed by atoms with E-state index in [0.717, 1.165) is 59.5 Å². The molecule has 4 rings (SSSR count). The number of aromatic amines is 1. The average Bonchev–Trinajstić information content (AvgIpc) is 3.04. The second-order valence-electron chi connectivity index (χ2n) is 6.58. The van der Waals surface area contributed by atoms with Crippen molar-refractivity contribution in [3.8, 4) is 16.9 Å². The van der Waals surface area contributed by atoms with Crippen LogP contribution in [0.25, 0.3) is 22.0 Å². The van der Waals surface area contributed by atoms with Crippen LogP contribution in [0.1, 0.15) is 28.9 Å². The first kappa shape index (κ1) is 16.6. The van der Waals surface area contributed by atoms with E-state index < -0.39 is 5.91 Å². The second-order valence-corrected chi connectivity index (χ2v) is 6.58. The van der Waals surface area contributed by atoms with Crippen LogP contribution in [-0.4, -0.2) is 35.4 Å². The molecule has 26 heavy (non-hydrogen) atoms. The van der Waals surface area contributed by atoms with Gasteiger partial charge in [0.1, 0.15) is 11.9 Å². The Labute approximate surface area is 151 Å².